The van der Waals surface area contributed by atoms with Crippen LogP contribution >= 0.6 is 24.0 Å². The minimum Gasteiger partial charge on any atom is -0.367 e. The minimum absolute atomic E-state index is 0. The first-order chi connectivity index (χ1) is 13.8. The van der Waals surface area contributed by atoms with Crippen molar-refractivity contribution < 1.29 is 0 Å². The number of nitrogens with one attached hydrogen (secondary N) is 1. The van der Waals surface area contributed by atoms with Gasteiger partial charge in [-0.25, -0.2) is 0 Å². The molecule has 0 unspecified atom stereocenters. The number of hydrogen-bond acceptors (Lipinski definition) is 2. The maximum atomic E-state index is 6.13. The van der Waals surface area contributed by atoms with Gasteiger partial charge < -0.3 is 10.2 Å². The van der Waals surface area contributed by atoms with E-state index < -0.39 is 0 Å². The molecule has 0 aromatic heterocycles. The van der Waals surface area contributed by atoms with Crippen LogP contribution in [0.5, 0.6) is 0 Å². The standard InChI is InChI=1S/C25H27ClN2.ClH/c26-24-11-13-25(14-12-24)28(18-21-9-5-2-6-10-21)19-23-17-27-16-22(23)15-20-7-3-1-4-8-20;/h1-14,22-23,27H,15-19H2;1H/t22-,23+;/m1./s1. The van der Waals surface area contributed by atoms with Crippen LogP contribution in [0.15, 0.2) is 84.9 Å². The summed E-state index contributed by atoms with van der Waals surface area (Å²) in [4.78, 5) is 2.50. The SMILES string of the molecule is Cl.Clc1ccc(N(Cc2ccccc2)C[C@@H]2CNC[C@H]2Cc2ccccc2)cc1. The van der Waals surface area contributed by atoms with Crippen molar-refractivity contribution in [2.24, 2.45) is 11.8 Å². The van der Waals surface area contributed by atoms with Crippen LogP contribution in [0.25, 0.3) is 0 Å². The van der Waals surface area contributed by atoms with Gasteiger partial charge in [0.1, 0.15) is 0 Å². The molecule has 3 aromatic rings. The summed E-state index contributed by atoms with van der Waals surface area (Å²) in [6, 6.07) is 29.8. The first-order valence-corrected chi connectivity index (χ1v) is 10.4. The van der Waals surface area contributed by atoms with Crippen molar-refractivity contribution in [3.8, 4) is 0 Å². The van der Waals surface area contributed by atoms with Gasteiger partial charge in [0.2, 0.25) is 0 Å². The van der Waals surface area contributed by atoms with Crippen molar-refractivity contribution in [1.29, 1.82) is 0 Å². The lowest BCUT2D eigenvalue weighted by Gasteiger charge is -2.30. The van der Waals surface area contributed by atoms with Crippen LogP contribution in [-0.4, -0.2) is 19.6 Å². The second kappa shape index (κ2) is 10.7. The van der Waals surface area contributed by atoms with Crippen LogP contribution in [0.1, 0.15) is 11.1 Å². The quantitative estimate of drug-likeness (QED) is 0.509. The summed E-state index contributed by atoms with van der Waals surface area (Å²) in [6.07, 6.45) is 1.14. The Kier molecular flexibility index (Phi) is 8.00. The highest BCUT2D eigenvalue weighted by Crippen LogP contribution is 2.27. The number of nitrogens with zero attached hydrogens (tertiary/aromatic N) is 1. The van der Waals surface area contributed by atoms with E-state index in [2.05, 4.69) is 83.0 Å². The zero-order valence-corrected chi connectivity index (χ0v) is 18.1. The summed E-state index contributed by atoms with van der Waals surface area (Å²) in [7, 11) is 0. The fraction of sp³-hybridized carbons (Fsp3) is 0.280. The highest BCUT2D eigenvalue weighted by molar-refractivity contribution is 6.30. The van der Waals surface area contributed by atoms with Gasteiger partial charge in [-0.05, 0) is 66.7 Å². The van der Waals surface area contributed by atoms with Crippen LogP contribution in [0.3, 0.4) is 0 Å². The average molecular weight is 427 g/mol. The second-order valence-electron chi connectivity index (χ2n) is 7.71. The molecule has 0 saturated carbocycles. The minimum atomic E-state index is 0. The van der Waals surface area contributed by atoms with Crippen LogP contribution in [-0.2, 0) is 13.0 Å². The zero-order valence-electron chi connectivity index (χ0n) is 16.5. The van der Waals surface area contributed by atoms with E-state index in [1.165, 1.54) is 16.8 Å². The average Bonchev–Trinajstić information content (AvgIpc) is 3.16. The summed E-state index contributed by atoms with van der Waals surface area (Å²) in [6.45, 7) is 4.13. The van der Waals surface area contributed by atoms with Gasteiger partial charge >= 0.3 is 0 Å². The molecule has 1 fully saturated rings. The molecular weight excluding hydrogens is 399 g/mol. The Labute approximate surface area is 185 Å². The van der Waals surface area contributed by atoms with E-state index in [4.69, 9.17) is 11.6 Å². The Morgan fingerprint density at radius 2 is 1.34 bits per heavy atom. The Balaban J connectivity index is 0.00000240. The van der Waals surface area contributed by atoms with Crippen molar-refractivity contribution in [2.45, 2.75) is 13.0 Å². The maximum absolute atomic E-state index is 6.13. The van der Waals surface area contributed by atoms with Crippen LogP contribution in [0, 0.1) is 11.8 Å². The first-order valence-electron chi connectivity index (χ1n) is 10.1. The van der Waals surface area contributed by atoms with Gasteiger partial charge in [0, 0.05) is 23.8 Å². The predicted octanol–water partition coefficient (Wildman–Crippen LogP) is 5.85. The largest absolute Gasteiger partial charge is 0.367 e. The summed E-state index contributed by atoms with van der Waals surface area (Å²) < 4.78 is 0. The molecule has 3 aromatic carbocycles. The predicted molar refractivity (Wildman–Crippen MR) is 126 cm³/mol. The molecule has 2 atom stereocenters. The molecule has 1 N–H and O–H groups in total. The third-order valence-corrected chi connectivity index (χ3v) is 5.94. The summed E-state index contributed by atoms with van der Waals surface area (Å²) in [5.41, 5.74) is 4.00. The van der Waals surface area contributed by atoms with Gasteiger partial charge in [0.25, 0.3) is 0 Å². The van der Waals surface area contributed by atoms with Gasteiger partial charge in [0.05, 0.1) is 0 Å². The maximum Gasteiger partial charge on any atom is 0.0429 e. The first kappa shape index (κ1) is 21.7. The molecule has 0 amide bonds. The van der Waals surface area contributed by atoms with Gasteiger partial charge in [-0.15, -0.1) is 12.4 Å². The molecule has 1 aliphatic rings. The molecule has 2 nitrogen and oxygen atoms in total. The molecule has 0 aliphatic carbocycles. The molecule has 4 heteroatoms. The Hall–Kier alpha value is -2.00. The number of halogens is 2. The van der Waals surface area contributed by atoms with Crippen LogP contribution < -0.4 is 10.2 Å². The summed E-state index contributed by atoms with van der Waals surface area (Å²) in [5, 5.41) is 4.41. The number of rotatable bonds is 7. The van der Waals surface area contributed by atoms with E-state index in [0.29, 0.717) is 11.8 Å². The number of benzene rings is 3. The van der Waals surface area contributed by atoms with E-state index >= 15 is 0 Å². The monoisotopic (exact) mass is 426 g/mol. The molecule has 0 spiro atoms. The van der Waals surface area contributed by atoms with E-state index in [1.807, 2.05) is 12.1 Å². The summed E-state index contributed by atoms with van der Waals surface area (Å²) in [5.74, 6) is 1.28. The van der Waals surface area contributed by atoms with Crippen LogP contribution in [0.2, 0.25) is 5.02 Å². The Morgan fingerprint density at radius 3 is 2.00 bits per heavy atom. The molecule has 1 heterocycles. The number of hydrogen-bond donors (Lipinski definition) is 1. The number of anilines is 1. The fourth-order valence-corrected chi connectivity index (χ4v) is 4.28. The molecular formula is C25H28Cl2N2. The molecule has 0 radical (unpaired) electrons. The highest BCUT2D eigenvalue weighted by atomic mass is 35.5. The Morgan fingerprint density at radius 1 is 0.759 bits per heavy atom. The zero-order chi connectivity index (χ0) is 19.2. The van der Waals surface area contributed by atoms with E-state index in [1.54, 1.807) is 0 Å². The smallest absolute Gasteiger partial charge is 0.0429 e. The lowest BCUT2D eigenvalue weighted by atomic mass is 9.89. The van der Waals surface area contributed by atoms with E-state index in [-0.39, 0.29) is 12.4 Å². The normalized spacial score (nSPS) is 18.2. The van der Waals surface area contributed by atoms with Gasteiger partial charge in [-0.3, -0.25) is 0 Å². The lowest BCUT2D eigenvalue weighted by molar-refractivity contribution is 0.413. The topological polar surface area (TPSA) is 15.3 Å². The van der Waals surface area contributed by atoms with E-state index in [9.17, 15) is 0 Å². The van der Waals surface area contributed by atoms with Gasteiger partial charge in [0.15, 0.2) is 0 Å². The molecule has 0 bridgehead atoms. The Bertz CT molecular complexity index is 853. The fourth-order valence-electron chi connectivity index (χ4n) is 4.16. The lowest BCUT2D eigenvalue weighted by Crippen LogP contribution is -2.33. The molecule has 1 aliphatic heterocycles. The molecule has 1 saturated heterocycles. The molecule has 152 valence electrons. The molecule has 29 heavy (non-hydrogen) atoms. The molecule has 4 rings (SSSR count). The van der Waals surface area contributed by atoms with Gasteiger partial charge in [-0.1, -0.05) is 72.3 Å². The third kappa shape index (κ3) is 5.99. The second-order valence-corrected chi connectivity index (χ2v) is 8.15. The van der Waals surface area contributed by atoms with Crippen molar-refractivity contribution >= 4 is 29.7 Å². The van der Waals surface area contributed by atoms with Crippen molar-refractivity contribution in [3.63, 3.8) is 0 Å². The third-order valence-electron chi connectivity index (χ3n) is 5.68. The summed E-state index contributed by atoms with van der Waals surface area (Å²) >= 11 is 6.13. The van der Waals surface area contributed by atoms with Crippen molar-refractivity contribution in [1.82, 2.24) is 5.32 Å². The van der Waals surface area contributed by atoms with Gasteiger partial charge in [-0.2, -0.15) is 0 Å². The van der Waals surface area contributed by atoms with Crippen LogP contribution in [0.4, 0.5) is 5.69 Å². The van der Waals surface area contributed by atoms with Crippen molar-refractivity contribution in [2.75, 3.05) is 24.5 Å². The highest BCUT2D eigenvalue weighted by Gasteiger charge is 2.29. The van der Waals surface area contributed by atoms with E-state index in [0.717, 1.165) is 37.6 Å². The van der Waals surface area contributed by atoms with Crippen molar-refractivity contribution in [3.05, 3.63) is 101 Å².